The number of rotatable bonds is 1. The largest absolute Gasteiger partial charge is 0.373 e. The summed E-state index contributed by atoms with van der Waals surface area (Å²) in [6.07, 6.45) is 4.94. The van der Waals surface area contributed by atoms with Gasteiger partial charge in [0, 0.05) is 6.04 Å². The summed E-state index contributed by atoms with van der Waals surface area (Å²) in [6, 6.07) is 0.656. The van der Waals surface area contributed by atoms with Crippen LogP contribution in [0.15, 0.2) is 0 Å². The van der Waals surface area contributed by atoms with E-state index in [-0.39, 0.29) is 0 Å². The molecule has 0 aromatic heterocycles. The van der Waals surface area contributed by atoms with E-state index in [2.05, 4.69) is 5.32 Å². The monoisotopic (exact) mass is 127 g/mol. The summed E-state index contributed by atoms with van der Waals surface area (Å²) in [5.41, 5.74) is 0. The molecule has 2 bridgehead atoms. The Labute approximate surface area is 55.6 Å². The maximum atomic E-state index is 5.61. The Morgan fingerprint density at radius 1 is 1.44 bits per heavy atom. The van der Waals surface area contributed by atoms with Crippen molar-refractivity contribution in [2.75, 3.05) is 7.05 Å². The molecule has 9 heavy (non-hydrogen) atoms. The molecule has 2 nitrogen and oxygen atoms in total. The van der Waals surface area contributed by atoms with Crippen LogP contribution in [0, 0.1) is 0 Å². The first-order chi connectivity index (χ1) is 4.40. The Balaban J connectivity index is 2.01. The fourth-order valence-corrected chi connectivity index (χ4v) is 1.94. The molecule has 2 heteroatoms. The topological polar surface area (TPSA) is 21.3 Å². The fourth-order valence-electron chi connectivity index (χ4n) is 1.94. The highest BCUT2D eigenvalue weighted by atomic mass is 16.5. The minimum atomic E-state index is 0.542. The average molecular weight is 127 g/mol. The summed E-state index contributed by atoms with van der Waals surface area (Å²) in [5, 5.41) is 3.27. The molecule has 0 radical (unpaired) electrons. The van der Waals surface area contributed by atoms with E-state index in [0.29, 0.717) is 18.2 Å². The van der Waals surface area contributed by atoms with Gasteiger partial charge in [-0.05, 0) is 26.3 Å². The van der Waals surface area contributed by atoms with Crippen LogP contribution in [0.1, 0.15) is 19.3 Å². The van der Waals surface area contributed by atoms with Crippen LogP contribution in [-0.2, 0) is 4.74 Å². The minimum absolute atomic E-state index is 0.542. The van der Waals surface area contributed by atoms with Crippen LogP contribution in [0.2, 0.25) is 0 Å². The maximum absolute atomic E-state index is 5.61. The molecule has 0 amide bonds. The molecule has 0 unspecified atom stereocenters. The maximum Gasteiger partial charge on any atom is 0.0733 e. The van der Waals surface area contributed by atoms with Crippen LogP contribution in [0.25, 0.3) is 0 Å². The summed E-state index contributed by atoms with van der Waals surface area (Å²) in [5.74, 6) is 0. The van der Waals surface area contributed by atoms with Crippen molar-refractivity contribution in [3.63, 3.8) is 0 Å². The first-order valence-corrected chi connectivity index (χ1v) is 3.73. The Hall–Kier alpha value is -0.0800. The van der Waals surface area contributed by atoms with Gasteiger partial charge in [0.05, 0.1) is 12.2 Å². The van der Waals surface area contributed by atoms with Crippen LogP contribution in [0.4, 0.5) is 0 Å². The van der Waals surface area contributed by atoms with Crippen LogP contribution in [0.3, 0.4) is 0 Å². The second kappa shape index (κ2) is 1.96. The summed E-state index contributed by atoms with van der Waals surface area (Å²) >= 11 is 0. The molecule has 3 atom stereocenters. The van der Waals surface area contributed by atoms with Gasteiger partial charge in [-0.15, -0.1) is 0 Å². The smallest absolute Gasteiger partial charge is 0.0733 e. The Morgan fingerprint density at radius 2 is 2.33 bits per heavy atom. The van der Waals surface area contributed by atoms with Gasteiger partial charge >= 0.3 is 0 Å². The number of hydrogen-bond donors (Lipinski definition) is 1. The third-order valence-electron chi connectivity index (χ3n) is 2.48. The molecule has 0 saturated carbocycles. The van der Waals surface area contributed by atoms with Gasteiger partial charge in [-0.1, -0.05) is 0 Å². The second-order valence-electron chi connectivity index (χ2n) is 3.00. The molecule has 1 N–H and O–H groups in total. The summed E-state index contributed by atoms with van der Waals surface area (Å²) in [6.45, 7) is 0. The van der Waals surface area contributed by atoms with E-state index in [4.69, 9.17) is 4.74 Å². The number of nitrogens with one attached hydrogen (secondary N) is 1. The van der Waals surface area contributed by atoms with E-state index in [0.717, 1.165) is 0 Å². The predicted octanol–water partition coefficient (Wildman–Crippen LogP) is 0.526. The summed E-state index contributed by atoms with van der Waals surface area (Å²) < 4.78 is 5.61. The molecule has 2 saturated heterocycles. The Kier molecular flexibility index (Phi) is 1.24. The van der Waals surface area contributed by atoms with Crippen LogP contribution >= 0.6 is 0 Å². The van der Waals surface area contributed by atoms with Gasteiger partial charge in [-0.3, -0.25) is 0 Å². The second-order valence-corrected chi connectivity index (χ2v) is 3.00. The normalized spacial score (nSPS) is 48.3. The quantitative estimate of drug-likeness (QED) is 0.554. The molecular formula is C7H13NO. The van der Waals surface area contributed by atoms with Crippen molar-refractivity contribution in [1.29, 1.82) is 0 Å². The Bertz CT molecular complexity index is 115. The summed E-state index contributed by atoms with van der Waals surface area (Å²) in [7, 11) is 2.02. The standard InChI is InChI=1S/C7H13NO/c1-8-6-4-5-2-3-7(6)9-5/h5-8H,2-4H2,1H3/t5-,6-,7-/m1/s1. The average Bonchev–Trinajstić information content (AvgIpc) is 2.45. The molecule has 2 fully saturated rings. The van der Waals surface area contributed by atoms with Crippen molar-refractivity contribution in [3.8, 4) is 0 Å². The van der Waals surface area contributed by atoms with Gasteiger partial charge in [-0.2, -0.15) is 0 Å². The number of hydrogen-bond acceptors (Lipinski definition) is 2. The van der Waals surface area contributed by atoms with E-state index in [9.17, 15) is 0 Å². The van der Waals surface area contributed by atoms with Crippen molar-refractivity contribution < 1.29 is 4.74 Å². The van der Waals surface area contributed by atoms with E-state index >= 15 is 0 Å². The zero-order valence-corrected chi connectivity index (χ0v) is 5.76. The predicted molar refractivity (Wildman–Crippen MR) is 35.4 cm³/mol. The Morgan fingerprint density at radius 3 is 2.67 bits per heavy atom. The van der Waals surface area contributed by atoms with Gasteiger partial charge in [0.25, 0.3) is 0 Å². The highest BCUT2D eigenvalue weighted by molar-refractivity contribution is 4.92. The van der Waals surface area contributed by atoms with E-state index in [1.165, 1.54) is 19.3 Å². The molecule has 52 valence electrons. The van der Waals surface area contributed by atoms with Gasteiger partial charge in [0.2, 0.25) is 0 Å². The van der Waals surface area contributed by atoms with Crippen LogP contribution < -0.4 is 5.32 Å². The molecule has 2 aliphatic rings. The van der Waals surface area contributed by atoms with Gasteiger partial charge in [-0.25, -0.2) is 0 Å². The molecule has 0 aromatic carbocycles. The highest BCUT2D eigenvalue weighted by Crippen LogP contribution is 2.33. The molecule has 2 heterocycles. The lowest BCUT2D eigenvalue weighted by atomic mass is 9.96. The number of fused-ring (bicyclic) bond motifs is 2. The summed E-state index contributed by atoms with van der Waals surface area (Å²) in [4.78, 5) is 0. The molecule has 0 aliphatic carbocycles. The van der Waals surface area contributed by atoms with Gasteiger partial charge in [0.1, 0.15) is 0 Å². The first-order valence-electron chi connectivity index (χ1n) is 3.73. The van der Waals surface area contributed by atoms with Crippen molar-refractivity contribution >= 4 is 0 Å². The minimum Gasteiger partial charge on any atom is -0.373 e. The van der Waals surface area contributed by atoms with Crippen molar-refractivity contribution in [1.82, 2.24) is 5.32 Å². The molecule has 0 spiro atoms. The number of likely N-dealkylation sites (N-methyl/N-ethyl adjacent to an activating group) is 1. The van der Waals surface area contributed by atoms with Crippen LogP contribution in [-0.4, -0.2) is 25.3 Å². The lowest BCUT2D eigenvalue weighted by Gasteiger charge is -2.16. The van der Waals surface area contributed by atoms with Gasteiger partial charge in [0.15, 0.2) is 0 Å². The third-order valence-corrected chi connectivity index (χ3v) is 2.48. The van der Waals surface area contributed by atoms with Crippen molar-refractivity contribution in [2.45, 2.75) is 37.5 Å². The molecule has 2 rings (SSSR count). The van der Waals surface area contributed by atoms with Crippen LogP contribution in [0.5, 0.6) is 0 Å². The van der Waals surface area contributed by atoms with E-state index in [1.807, 2.05) is 7.05 Å². The lowest BCUT2D eigenvalue weighted by molar-refractivity contribution is 0.0983. The van der Waals surface area contributed by atoms with Crippen molar-refractivity contribution in [2.24, 2.45) is 0 Å². The molecule has 0 aromatic rings. The van der Waals surface area contributed by atoms with Crippen molar-refractivity contribution in [3.05, 3.63) is 0 Å². The van der Waals surface area contributed by atoms with Gasteiger partial charge < -0.3 is 10.1 Å². The number of ether oxygens (including phenoxy) is 1. The molecular weight excluding hydrogens is 114 g/mol. The lowest BCUT2D eigenvalue weighted by Crippen LogP contribution is -2.34. The zero-order valence-electron chi connectivity index (χ0n) is 5.76. The molecule has 2 aliphatic heterocycles. The highest BCUT2D eigenvalue weighted by Gasteiger charge is 2.39. The SMILES string of the molecule is CN[C@@H]1C[C@H]2CC[C@H]1O2. The zero-order chi connectivity index (χ0) is 6.27. The fraction of sp³-hybridized carbons (Fsp3) is 1.00. The van der Waals surface area contributed by atoms with E-state index < -0.39 is 0 Å². The van der Waals surface area contributed by atoms with E-state index in [1.54, 1.807) is 0 Å². The third kappa shape index (κ3) is 0.775. The first kappa shape index (κ1) is 5.69.